The number of nitrogens with zero attached hydrogens (tertiary/aromatic N) is 1. The van der Waals surface area contributed by atoms with E-state index in [0.29, 0.717) is 12.3 Å². The molecule has 0 bridgehead atoms. The fourth-order valence-corrected chi connectivity index (χ4v) is 3.13. The summed E-state index contributed by atoms with van der Waals surface area (Å²) in [6.07, 6.45) is 0. The molecule has 0 atom stereocenters. The lowest BCUT2D eigenvalue weighted by atomic mass is 10.1. The van der Waals surface area contributed by atoms with E-state index in [1.54, 1.807) is 16.7 Å². The van der Waals surface area contributed by atoms with Gasteiger partial charge in [-0.3, -0.25) is 4.79 Å². The first-order chi connectivity index (χ1) is 10.6. The fraction of sp³-hybridized carbons (Fsp3) is 0.278. The van der Waals surface area contributed by atoms with Crippen LogP contribution in [-0.2, 0) is 17.1 Å². The van der Waals surface area contributed by atoms with Gasteiger partial charge in [-0.05, 0) is 35.7 Å². The van der Waals surface area contributed by atoms with E-state index in [-0.39, 0.29) is 5.91 Å². The molecule has 2 aromatic rings. The first-order valence-electron chi connectivity index (χ1n) is 7.17. The quantitative estimate of drug-likeness (QED) is 0.773. The minimum Gasteiger partial charge on any atom is -0.341 e. The molecule has 2 aromatic carbocycles. The summed E-state index contributed by atoms with van der Waals surface area (Å²) in [6.45, 7) is 2.73. The van der Waals surface area contributed by atoms with Crippen LogP contribution in [0.25, 0.3) is 0 Å². The van der Waals surface area contributed by atoms with Crippen molar-refractivity contribution in [2.45, 2.75) is 19.2 Å². The highest BCUT2D eigenvalue weighted by Gasteiger charge is 2.10. The Bertz CT molecular complexity index is 627. The molecule has 0 radical (unpaired) electrons. The molecule has 1 amide bonds. The van der Waals surface area contributed by atoms with Crippen molar-refractivity contribution in [3.63, 3.8) is 0 Å². The summed E-state index contributed by atoms with van der Waals surface area (Å²) in [5, 5.41) is 0.739. The van der Waals surface area contributed by atoms with E-state index in [4.69, 9.17) is 11.6 Å². The van der Waals surface area contributed by atoms with Crippen molar-refractivity contribution in [2.24, 2.45) is 0 Å². The zero-order valence-electron chi connectivity index (χ0n) is 12.9. The van der Waals surface area contributed by atoms with Crippen molar-refractivity contribution in [3.05, 3.63) is 70.2 Å². The van der Waals surface area contributed by atoms with Crippen LogP contribution in [0.2, 0.25) is 5.02 Å². The van der Waals surface area contributed by atoms with Crippen LogP contribution in [0.4, 0.5) is 0 Å². The molecule has 0 saturated carbocycles. The number of thioether (sulfide) groups is 1. The largest absolute Gasteiger partial charge is 0.341 e. The summed E-state index contributed by atoms with van der Waals surface area (Å²) in [6, 6.07) is 15.9. The van der Waals surface area contributed by atoms with Crippen LogP contribution in [0, 0.1) is 6.92 Å². The summed E-state index contributed by atoms with van der Waals surface area (Å²) in [5.74, 6) is 1.47. The van der Waals surface area contributed by atoms with Crippen LogP contribution in [0.15, 0.2) is 48.5 Å². The number of benzene rings is 2. The molecule has 0 aliphatic heterocycles. The van der Waals surface area contributed by atoms with Crippen molar-refractivity contribution >= 4 is 29.3 Å². The van der Waals surface area contributed by atoms with Gasteiger partial charge in [0.1, 0.15) is 0 Å². The Labute approximate surface area is 141 Å². The Balaban J connectivity index is 1.79. The van der Waals surface area contributed by atoms with Gasteiger partial charge >= 0.3 is 0 Å². The van der Waals surface area contributed by atoms with Gasteiger partial charge in [0.15, 0.2) is 0 Å². The average molecular weight is 334 g/mol. The lowest BCUT2D eigenvalue weighted by molar-refractivity contribution is -0.127. The molecule has 116 valence electrons. The van der Waals surface area contributed by atoms with E-state index in [2.05, 4.69) is 19.1 Å². The number of hydrogen-bond acceptors (Lipinski definition) is 2. The molecular weight excluding hydrogens is 314 g/mol. The molecule has 4 heteroatoms. The summed E-state index contributed by atoms with van der Waals surface area (Å²) in [5.41, 5.74) is 3.60. The monoisotopic (exact) mass is 333 g/mol. The zero-order chi connectivity index (χ0) is 15.9. The zero-order valence-corrected chi connectivity index (χ0v) is 14.5. The minimum atomic E-state index is 0.155. The molecule has 0 fully saturated rings. The van der Waals surface area contributed by atoms with Gasteiger partial charge in [0.2, 0.25) is 5.91 Å². The second-order valence-electron chi connectivity index (χ2n) is 5.30. The fourth-order valence-electron chi connectivity index (χ4n) is 2.08. The number of carbonyl (C=O) groups is 1. The molecule has 0 unspecified atom stereocenters. The van der Waals surface area contributed by atoms with Gasteiger partial charge in [-0.2, -0.15) is 0 Å². The molecule has 0 aliphatic carbocycles. The number of aryl methyl sites for hydroxylation is 1. The predicted octanol–water partition coefficient (Wildman–Crippen LogP) is 4.54. The van der Waals surface area contributed by atoms with E-state index < -0.39 is 0 Å². The van der Waals surface area contributed by atoms with Crippen LogP contribution in [0.1, 0.15) is 16.7 Å². The van der Waals surface area contributed by atoms with Crippen molar-refractivity contribution < 1.29 is 4.79 Å². The molecule has 0 aromatic heterocycles. The third kappa shape index (κ3) is 5.08. The highest BCUT2D eigenvalue weighted by atomic mass is 35.5. The molecule has 0 spiro atoms. The summed E-state index contributed by atoms with van der Waals surface area (Å²) >= 11 is 7.49. The van der Waals surface area contributed by atoms with E-state index in [1.807, 2.05) is 43.4 Å². The number of carbonyl (C=O) groups excluding carboxylic acids is 1. The van der Waals surface area contributed by atoms with Crippen LogP contribution in [0.3, 0.4) is 0 Å². The van der Waals surface area contributed by atoms with Crippen molar-refractivity contribution in [2.75, 3.05) is 12.8 Å². The molecule has 2 rings (SSSR count). The van der Waals surface area contributed by atoms with Gasteiger partial charge in [-0.15, -0.1) is 11.8 Å². The minimum absolute atomic E-state index is 0.155. The van der Waals surface area contributed by atoms with Gasteiger partial charge in [-0.25, -0.2) is 0 Å². The van der Waals surface area contributed by atoms with Crippen LogP contribution >= 0.6 is 23.4 Å². The normalized spacial score (nSPS) is 10.5. The van der Waals surface area contributed by atoms with Gasteiger partial charge < -0.3 is 4.90 Å². The molecule has 0 N–H and O–H groups in total. The highest BCUT2D eigenvalue weighted by molar-refractivity contribution is 7.99. The first-order valence-corrected chi connectivity index (χ1v) is 8.70. The molecular formula is C18H20ClNOS. The molecule has 2 nitrogen and oxygen atoms in total. The topological polar surface area (TPSA) is 20.3 Å². The lowest BCUT2D eigenvalue weighted by Crippen LogP contribution is -2.28. The van der Waals surface area contributed by atoms with Crippen molar-refractivity contribution in [1.29, 1.82) is 0 Å². The highest BCUT2D eigenvalue weighted by Crippen LogP contribution is 2.16. The second kappa shape index (κ2) is 8.25. The maximum Gasteiger partial charge on any atom is 0.232 e. The Morgan fingerprint density at radius 2 is 1.82 bits per heavy atom. The summed E-state index contributed by atoms with van der Waals surface area (Å²) in [7, 11) is 1.86. The summed E-state index contributed by atoms with van der Waals surface area (Å²) < 4.78 is 0. The first kappa shape index (κ1) is 16.9. The van der Waals surface area contributed by atoms with Gasteiger partial charge in [-0.1, -0.05) is 48.0 Å². The number of amides is 1. The van der Waals surface area contributed by atoms with E-state index in [9.17, 15) is 4.79 Å². The van der Waals surface area contributed by atoms with E-state index >= 15 is 0 Å². The smallest absolute Gasteiger partial charge is 0.232 e. The Hall–Kier alpha value is -1.45. The number of halogens is 1. The Morgan fingerprint density at radius 1 is 1.14 bits per heavy atom. The second-order valence-corrected chi connectivity index (χ2v) is 6.72. The van der Waals surface area contributed by atoms with Gasteiger partial charge in [0, 0.05) is 24.4 Å². The average Bonchev–Trinajstić information content (AvgIpc) is 2.51. The third-order valence-corrected chi connectivity index (χ3v) is 4.74. The van der Waals surface area contributed by atoms with E-state index in [1.165, 1.54) is 16.7 Å². The number of rotatable bonds is 6. The standard InChI is InChI=1S/C18H20ClNOS/c1-14-5-3-4-6-16(14)11-20(2)18(21)13-22-12-15-7-9-17(19)10-8-15/h3-10H,11-13H2,1-2H3. The van der Waals surface area contributed by atoms with Crippen LogP contribution in [-0.4, -0.2) is 23.6 Å². The molecule has 0 aliphatic rings. The van der Waals surface area contributed by atoms with Crippen LogP contribution < -0.4 is 0 Å². The maximum atomic E-state index is 12.2. The lowest BCUT2D eigenvalue weighted by Gasteiger charge is -2.18. The van der Waals surface area contributed by atoms with E-state index in [0.717, 1.165) is 10.8 Å². The van der Waals surface area contributed by atoms with Gasteiger partial charge in [0.25, 0.3) is 0 Å². The summed E-state index contributed by atoms with van der Waals surface area (Å²) in [4.78, 5) is 14.0. The van der Waals surface area contributed by atoms with Gasteiger partial charge in [0.05, 0.1) is 5.75 Å². The Morgan fingerprint density at radius 3 is 2.50 bits per heavy atom. The third-order valence-electron chi connectivity index (χ3n) is 3.50. The SMILES string of the molecule is Cc1ccccc1CN(C)C(=O)CSCc1ccc(Cl)cc1. The van der Waals surface area contributed by atoms with Crippen molar-refractivity contribution in [1.82, 2.24) is 4.90 Å². The van der Waals surface area contributed by atoms with Crippen molar-refractivity contribution in [3.8, 4) is 0 Å². The van der Waals surface area contributed by atoms with Crippen LogP contribution in [0.5, 0.6) is 0 Å². The molecule has 22 heavy (non-hydrogen) atoms. The molecule has 0 heterocycles. The molecule has 0 saturated heterocycles. The Kier molecular flexibility index (Phi) is 6.34. The maximum absolute atomic E-state index is 12.2. The number of hydrogen-bond donors (Lipinski definition) is 0. The predicted molar refractivity (Wildman–Crippen MR) is 95.3 cm³/mol.